The van der Waals surface area contributed by atoms with E-state index in [4.69, 9.17) is 0 Å². The molecule has 0 fully saturated rings. The maximum absolute atomic E-state index is 3.55. The van der Waals surface area contributed by atoms with Crippen LogP contribution >= 0.6 is 15.9 Å². The van der Waals surface area contributed by atoms with Gasteiger partial charge in [-0.1, -0.05) is 34.1 Å². The first-order valence-corrected chi connectivity index (χ1v) is 5.97. The third kappa shape index (κ3) is 4.33. The van der Waals surface area contributed by atoms with E-state index in [-0.39, 0.29) is 5.54 Å². The van der Waals surface area contributed by atoms with Crippen molar-refractivity contribution in [3.05, 3.63) is 34.3 Å². The minimum absolute atomic E-state index is 0.115. The Kier molecular flexibility index (Phi) is 4.77. The van der Waals surface area contributed by atoms with Crippen LogP contribution in [0.25, 0.3) is 0 Å². The van der Waals surface area contributed by atoms with Gasteiger partial charge in [-0.3, -0.25) is 0 Å². The maximum atomic E-state index is 3.55. The Morgan fingerprint density at radius 3 is 2.53 bits per heavy atom. The monoisotopic (exact) mass is 270 g/mol. The SMILES string of the molecule is CNCC(C)(C)NCc1ccccc1Br. The van der Waals surface area contributed by atoms with E-state index in [0.717, 1.165) is 17.6 Å². The Morgan fingerprint density at radius 1 is 1.27 bits per heavy atom. The summed E-state index contributed by atoms with van der Waals surface area (Å²) in [7, 11) is 1.97. The fraction of sp³-hybridized carbons (Fsp3) is 0.500. The topological polar surface area (TPSA) is 24.1 Å². The van der Waals surface area contributed by atoms with E-state index in [1.54, 1.807) is 0 Å². The predicted molar refractivity (Wildman–Crippen MR) is 69.0 cm³/mol. The maximum Gasteiger partial charge on any atom is 0.0252 e. The molecule has 0 aromatic heterocycles. The van der Waals surface area contributed by atoms with Gasteiger partial charge in [-0.05, 0) is 32.5 Å². The Morgan fingerprint density at radius 2 is 1.93 bits per heavy atom. The molecule has 0 aliphatic carbocycles. The van der Waals surface area contributed by atoms with Crippen molar-refractivity contribution in [1.82, 2.24) is 10.6 Å². The van der Waals surface area contributed by atoms with Gasteiger partial charge in [-0.25, -0.2) is 0 Å². The molecule has 0 spiro atoms. The Labute approximate surface area is 101 Å². The van der Waals surface area contributed by atoms with Crippen molar-refractivity contribution < 1.29 is 0 Å². The highest BCUT2D eigenvalue weighted by atomic mass is 79.9. The molecule has 2 nitrogen and oxygen atoms in total. The lowest BCUT2D eigenvalue weighted by Gasteiger charge is -2.26. The molecule has 0 radical (unpaired) electrons. The molecule has 0 saturated carbocycles. The van der Waals surface area contributed by atoms with Gasteiger partial charge in [-0.2, -0.15) is 0 Å². The van der Waals surface area contributed by atoms with Crippen molar-refractivity contribution in [2.24, 2.45) is 0 Å². The van der Waals surface area contributed by atoms with Gasteiger partial charge in [-0.15, -0.1) is 0 Å². The number of hydrogen-bond acceptors (Lipinski definition) is 2. The van der Waals surface area contributed by atoms with Crippen LogP contribution in [0.5, 0.6) is 0 Å². The molecule has 84 valence electrons. The lowest BCUT2D eigenvalue weighted by atomic mass is 10.1. The molecular weight excluding hydrogens is 252 g/mol. The molecule has 1 rings (SSSR count). The summed E-state index contributed by atoms with van der Waals surface area (Å²) in [6.07, 6.45) is 0. The van der Waals surface area contributed by atoms with Gasteiger partial charge in [0.2, 0.25) is 0 Å². The summed E-state index contributed by atoms with van der Waals surface area (Å²) in [5.41, 5.74) is 1.41. The van der Waals surface area contributed by atoms with Crippen molar-refractivity contribution >= 4 is 15.9 Å². The molecule has 1 aromatic rings. The molecule has 0 aliphatic rings. The lowest BCUT2D eigenvalue weighted by molar-refractivity contribution is 0.373. The smallest absolute Gasteiger partial charge is 0.0252 e. The summed E-state index contributed by atoms with van der Waals surface area (Å²) in [6, 6.07) is 8.30. The number of benzene rings is 1. The molecule has 3 heteroatoms. The summed E-state index contributed by atoms with van der Waals surface area (Å²) in [5.74, 6) is 0. The minimum Gasteiger partial charge on any atom is -0.318 e. The van der Waals surface area contributed by atoms with Crippen LogP contribution in [0.4, 0.5) is 0 Å². The van der Waals surface area contributed by atoms with E-state index in [9.17, 15) is 0 Å². The molecular formula is C12H19BrN2. The fourth-order valence-electron chi connectivity index (χ4n) is 1.48. The first-order chi connectivity index (χ1) is 7.05. The molecule has 15 heavy (non-hydrogen) atoms. The third-order valence-electron chi connectivity index (χ3n) is 2.33. The van der Waals surface area contributed by atoms with E-state index in [2.05, 4.69) is 58.6 Å². The zero-order valence-corrected chi connectivity index (χ0v) is 11.2. The van der Waals surface area contributed by atoms with E-state index >= 15 is 0 Å². The van der Waals surface area contributed by atoms with Crippen LogP contribution in [0.1, 0.15) is 19.4 Å². The normalized spacial score (nSPS) is 11.7. The predicted octanol–water partition coefficient (Wildman–Crippen LogP) is 2.54. The number of halogens is 1. The van der Waals surface area contributed by atoms with Crippen LogP contribution in [0.3, 0.4) is 0 Å². The second-order valence-electron chi connectivity index (χ2n) is 4.36. The highest BCUT2D eigenvalue weighted by Crippen LogP contribution is 2.16. The van der Waals surface area contributed by atoms with Crippen LogP contribution in [-0.2, 0) is 6.54 Å². The van der Waals surface area contributed by atoms with Crippen LogP contribution in [0.15, 0.2) is 28.7 Å². The number of nitrogens with one attached hydrogen (secondary N) is 2. The van der Waals surface area contributed by atoms with Crippen molar-refractivity contribution in [2.45, 2.75) is 25.9 Å². The van der Waals surface area contributed by atoms with Gasteiger partial charge in [0, 0.05) is 23.1 Å². The highest BCUT2D eigenvalue weighted by molar-refractivity contribution is 9.10. The average molecular weight is 271 g/mol. The summed E-state index contributed by atoms with van der Waals surface area (Å²) in [5, 5.41) is 6.71. The molecule has 0 amide bonds. The molecule has 0 bridgehead atoms. The minimum atomic E-state index is 0.115. The van der Waals surface area contributed by atoms with E-state index in [1.807, 2.05) is 13.1 Å². The second kappa shape index (κ2) is 5.64. The van der Waals surface area contributed by atoms with Gasteiger partial charge >= 0.3 is 0 Å². The largest absolute Gasteiger partial charge is 0.318 e. The third-order valence-corrected chi connectivity index (χ3v) is 3.11. The van der Waals surface area contributed by atoms with Gasteiger partial charge in [0.15, 0.2) is 0 Å². The second-order valence-corrected chi connectivity index (χ2v) is 5.21. The van der Waals surface area contributed by atoms with Gasteiger partial charge in [0.05, 0.1) is 0 Å². The first-order valence-electron chi connectivity index (χ1n) is 5.18. The summed E-state index contributed by atoms with van der Waals surface area (Å²) < 4.78 is 1.16. The zero-order chi connectivity index (χ0) is 11.3. The van der Waals surface area contributed by atoms with Gasteiger partial charge in [0.1, 0.15) is 0 Å². The van der Waals surface area contributed by atoms with Crippen molar-refractivity contribution in [1.29, 1.82) is 0 Å². The Hall–Kier alpha value is -0.380. The summed E-state index contributed by atoms with van der Waals surface area (Å²) in [4.78, 5) is 0. The van der Waals surface area contributed by atoms with Crippen molar-refractivity contribution in [2.75, 3.05) is 13.6 Å². The standard InChI is InChI=1S/C12H19BrN2/c1-12(2,9-14-3)15-8-10-6-4-5-7-11(10)13/h4-7,14-15H,8-9H2,1-3H3. The molecule has 0 atom stereocenters. The molecule has 0 unspecified atom stereocenters. The first kappa shape index (κ1) is 12.7. The number of likely N-dealkylation sites (N-methyl/N-ethyl adjacent to an activating group) is 1. The van der Waals surface area contributed by atoms with Crippen LogP contribution < -0.4 is 10.6 Å². The summed E-state index contributed by atoms with van der Waals surface area (Å²) in [6.45, 7) is 6.23. The number of hydrogen-bond donors (Lipinski definition) is 2. The molecule has 1 aromatic carbocycles. The molecule has 0 aliphatic heterocycles. The lowest BCUT2D eigenvalue weighted by Crippen LogP contribution is -2.46. The van der Waals surface area contributed by atoms with Crippen LogP contribution in [0.2, 0.25) is 0 Å². The average Bonchev–Trinajstić information content (AvgIpc) is 2.16. The molecule has 0 saturated heterocycles. The van der Waals surface area contributed by atoms with Crippen LogP contribution in [0, 0.1) is 0 Å². The Bertz CT molecular complexity index is 310. The highest BCUT2D eigenvalue weighted by Gasteiger charge is 2.15. The quantitative estimate of drug-likeness (QED) is 0.860. The van der Waals surface area contributed by atoms with Gasteiger partial charge in [0.25, 0.3) is 0 Å². The molecule has 0 heterocycles. The van der Waals surface area contributed by atoms with E-state index in [0.29, 0.717) is 0 Å². The number of rotatable bonds is 5. The molecule has 2 N–H and O–H groups in total. The van der Waals surface area contributed by atoms with E-state index < -0.39 is 0 Å². The fourth-order valence-corrected chi connectivity index (χ4v) is 1.91. The summed E-state index contributed by atoms with van der Waals surface area (Å²) >= 11 is 3.55. The zero-order valence-electron chi connectivity index (χ0n) is 9.60. The van der Waals surface area contributed by atoms with E-state index in [1.165, 1.54) is 5.56 Å². The van der Waals surface area contributed by atoms with Crippen LogP contribution in [-0.4, -0.2) is 19.1 Å². The van der Waals surface area contributed by atoms with Crippen molar-refractivity contribution in [3.63, 3.8) is 0 Å². The van der Waals surface area contributed by atoms with Crippen molar-refractivity contribution in [3.8, 4) is 0 Å². The Balaban J connectivity index is 2.53. The van der Waals surface area contributed by atoms with Gasteiger partial charge < -0.3 is 10.6 Å².